The number of thiol groups is 1. The first-order valence-electron chi connectivity index (χ1n) is 4.02. The molecule has 3 unspecified atom stereocenters. The van der Waals surface area contributed by atoms with Gasteiger partial charge in [0.25, 0.3) is 7.52 Å². The number of halogens is 3. The van der Waals surface area contributed by atoms with Crippen molar-refractivity contribution >= 4 is 35.6 Å². The highest BCUT2D eigenvalue weighted by Gasteiger charge is 2.39. The van der Waals surface area contributed by atoms with E-state index in [0.29, 0.717) is 0 Å². The van der Waals surface area contributed by atoms with Gasteiger partial charge in [-0.1, -0.05) is 0 Å². The maximum atomic E-state index is 14.2. The van der Waals surface area contributed by atoms with E-state index in [1.807, 2.05) is 0 Å². The molecule has 1 aliphatic heterocycles. The molecular weight excluding hydrogens is 302 g/mol. The molecular formula is C4H12F3N4OP3S. The van der Waals surface area contributed by atoms with Gasteiger partial charge in [-0.05, 0) is 14.1 Å². The summed E-state index contributed by atoms with van der Waals surface area (Å²) >= 11 is 3.69. The Morgan fingerprint density at radius 3 is 2.12 bits per heavy atom. The number of rotatable bonds is 3. The predicted octanol–water partition coefficient (Wildman–Crippen LogP) is 4.93. The Balaban J connectivity index is 3.53. The molecule has 0 amide bonds. The van der Waals surface area contributed by atoms with Crippen LogP contribution in [0.1, 0.15) is 0 Å². The van der Waals surface area contributed by atoms with Crippen LogP contribution in [0.5, 0.6) is 0 Å². The molecule has 12 heteroatoms. The van der Waals surface area contributed by atoms with Crippen LogP contribution in [-0.4, -0.2) is 31.4 Å². The van der Waals surface area contributed by atoms with Gasteiger partial charge in [-0.15, -0.1) is 4.52 Å². The number of hydrogen-bond donors (Lipinski definition) is 1. The van der Waals surface area contributed by atoms with E-state index >= 15 is 0 Å². The van der Waals surface area contributed by atoms with Crippen LogP contribution in [0.2, 0.25) is 0 Å². The van der Waals surface area contributed by atoms with Crippen LogP contribution in [0.25, 0.3) is 0 Å². The molecule has 0 aromatic carbocycles. The van der Waals surface area contributed by atoms with Crippen molar-refractivity contribution in [2.75, 3.05) is 26.7 Å². The summed E-state index contributed by atoms with van der Waals surface area (Å²) < 4.78 is 57.0. The molecule has 0 aliphatic carbocycles. The van der Waals surface area contributed by atoms with Gasteiger partial charge in [0, 0.05) is 7.11 Å². The van der Waals surface area contributed by atoms with Crippen LogP contribution in [-0.2, 0) is 4.52 Å². The fourth-order valence-corrected chi connectivity index (χ4v) is 9.43. The van der Waals surface area contributed by atoms with Gasteiger partial charge in [-0.25, -0.2) is 4.67 Å². The highest BCUT2D eigenvalue weighted by molar-refractivity contribution is 7.93. The van der Waals surface area contributed by atoms with Gasteiger partial charge in [0.1, 0.15) is 0 Å². The Morgan fingerprint density at radius 2 is 1.75 bits per heavy atom. The zero-order chi connectivity index (χ0) is 12.6. The maximum absolute atomic E-state index is 14.2. The first kappa shape index (κ1) is 14.8. The van der Waals surface area contributed by atoms with Crippen LogP contribution in [0.15, 0.2) is 13.5 Å². The summed E-state index contributed by atoms with van der Waals surface area (Å²) in [6.07, 6.45) is 0. The molecule has 0 spiro atoms. The summed E-state index contributed by atoms with van der Waals surface area (Å²) in [6.45, 7) is 0. The molecule has 0 aromatic rings. The molecule has 16 heavy (non-hydrogen) atoms. The van der Waals surface area contributed by atoms with Crippen molar-refractivity contribution in [3.05, 3.63) is 0 Å². The van der Waals surface area contributed by atoms with Crippen LogP contribution < -0.4 is 0 Å². The number of nitrogens with zero attached hydrogens (tertiary/aromatic N) is 4. The molecule has 0 saturated heterocycles. The lowest BCUT2D eigenvalue weighted by Gasteiger charge is -2.25. The Bertz CT molecular complexity index is 442. The first-order valence-corrected chi connectivity index (χ1v) is 9.47. The van der Waals surface area contributed by atoms with Gasteiger partial charge in [-0.2, -0.15) is 34.3 Å². The molecule has 0 radical (unpaired) electrons. The maximum Gasteiger partial charge on any atom is 0.384 e. The Kier molecular flexibility index (Phi) is 4.43. The highest BCUT2D eigenvalue weighted by atomic mass is 32.1. The van der Waals surface area contributed by atoms with Crippen molar-refractivity contribution in [3.8, 4) is 0 Å². The van der Waals surface area contributed by atoms with Gasteiger partial charge in [-0.3, -0.25) is 0 Å². The van der Waals surface area contributed by atoms with Crippen molar-refractivity contribution in [3.63, 3.8) is 0 Å². The van der Waals surface area contributed by atoms with Gasteiger partial charge < -0.3 is 4.52 Å². The smallest absolute Gasteiger partial charge is 0.307 e. The topological polar surface area (TPSA) is 49.6 Å². The van der Waals surface area contributed by atoms with Crippen LogP contribution in [0.4, 0.5) is 12.6 Å². The standard InChI is InChI=1S/C4H12F3N4OP3S/c1-11(2)14(6)8-13(5,4-16)9-15(7,10-14)12-3/h16H,4H2,1-3H3. The lowest BCUT2D eigenvalue weighted by Crippen LogP contribution is -2.04. The molecule has 1 aliphatic rings. The molecule has 0 saturated carbocycles. The summed E-state index contributed by atoms with van der Waals surface area (Å²) in [5.41, 5.74) is -0.447. The second-order valence-corrected chi connectivity index (χ2v) is 10.7. The van der Waals surface area contributed by atoms with Crippen molar-refractivity contribution in [2.45, 2.75) is 0 Å². The second-order valence-electron chi connectivity index (χ2n) is 3.05. The highest BCUT2D eigenvalue weighted by Crippen LogP contribution is 2.81. The van der Waals surface area contributed by atoms with Crippen molar-refractivity contribution < 1.29 is 17.1 Å². The quantitative estimate of drug-likeness (QED) is 0.593. The third-order valence-corrected chi connectivity index (χ3v) is 10.3. The largest absolute Gasteiger partial charge is 0.384 e. The molecule has 0 bridgehead atoms. The molecule has 1 rings (SSSR count). The van der Waals surface area contributed by atoms with E-state index in [1.54, 1.807) is 0 Å². The Hall–Kier alpha value is 0.750. The third-order valence-electron chi connectivity index (χ3n) is 1.64. The van der Waals surface area contributed by atoms with E-state index < -0.39 is 28.4 Å². The Labute approximate surface area is 98.0 Å². The summed E-state index contributed by atoms with van der Waals surface area (Å²) in [7, 11) is -8.64. The average molecular weight is 314 g/mol. The van der Waals surface area contributed by atoms with Crippen molar-refractivity contribution in [2.24, 2.45) is 13.5 Å². The summed E-state index contributed by atoms with van der Waals surface area (Å²) in [6, 6.07) is 0. The summed E-state index contributed by atoms with van der Waals surface area (Å²) in [5, 5.41) is 0. The van der Waals surface area contributed by atoms with E-state index in [0.717, 1.165) is 11.8 Å². The summed E-state index contributed by atoms with van der Waals surface area (Å²) in [4.78, 5) is 0. The molecule has 0 fully saturated rings. The predicted molar refractivity (Wildman–Crippen MR) is 65.9 cm³/mol. The SMILES string of the molecule is COP1(F)=NP(F)(CS)=NP(F)(N(C)C)=N1. The third kappa shape index (κ3) is 2.95. The summed E-state index contributed by atoms with van der Waals surface area (Å²) in [5.74, 6) is 0. The van der Waals surface area contributed by atoms with Crippen LogP contribution >= 0.6 is 35.6 Å². The molecule has 0 N–H and O–H groups in total. The van der Waals surface area contributed by atoms with Gasteiger partial charge in [0.15, 0.2) is 0 Å². The number of hydrogen-bond acceptors (Lipinski definition) is 6. The van der Waals surface area contributed by atoms with Gasteiger partial charge >= 0.3 is 15.4 Å². The van der Waals surface area contributed by atoms with Crippen molar-refractivity contribution in [1.82, 2.24) is 4.67 Å². The molecule has 5 nitrogen and oxygen atoms in total. The van der Waals surface area contributed by atoms with Gasteiger partial charge in [0.2, 0.25) is 0 Å². The van der Waals surface area contributed by atoms with Gasteiger partial charge in [0.05, 0.1) is 5.49 Å². The van der Waals surface area contributed by atoms with E-state index in [9.17, 15) is 12.6 Å². The first-order chi connectivity index (χ1) is 7.19. The fourth-order valence-electron chi connectivity index (χ4n) is 0.827. The zero-order valence-corrected chi connectivity index (χ0v) is 12.4. The van der Waals surface area contributed by atoms with E-state index in [-0.39, 0.29) is 0 Å². The van der Waals surface area contributed by atoms with Crippen LogP contribution in [0.3, 0.4) is 0 Å². The van der Waals surface area contributed by atoms with Crippen molar-refractivity contribution in [1.29, 1.82) is 0 Å². The Morgan fingerprint density at radius 1 is 1.19 bits per heavy atom. The monoisotopic (exact) mass is 314 g/mol. The second kappa shape index (κ2) is 4.79. The van der Waals surface area contributed by atoms with Crippen LogP contribution in [0, 0.1) is 0 Å². The van der Waals surface area contributed by atoms with E-state index in [2.05, 4.69) is 30.7 Å². The van der Waals surface area contributed by atoms with E-state index in [4.69, 9.17) is 0 Å². The van der Waals surface area contributed by atoms with E-state index in [1.165, 1.54) is 14.1 Å². The lowest BCUT2D eigenvalue weighted by atomic mass is 11.3. The zero-order valence-electron chi connectivity index (χ0n) is 8.83. The minimum absolute atomic E-state index is 0.447. The normalized spacial score (nSPS) is 43.5. The lowest BCUT2D eigenvalue weighted by molar-refractivity contribution is 0.420. The molecule has 0 aromatic heterocycles. The molecule has 3 atom stereocenters. The minimum atomic E-state index is -4.24. The molecule has 1 heterocycles. The minimum Gasteiger partial charge on any atom is -0.307 e. The fraction of sp³-hybridized carbons (Fsp3) is 1.00. The average Bonchev–Trinajstić information content (AvgIpc) is 2.16. The molecule has 96 valence electrons.